The van der Waals surface area contributed by atoms with Crippen LogP contribution in [-0.4, -0.2) is 38.0 Å². The minimum absolute atomic E-state index is 0.0948. The zero-order valence-corrected chi connectivity index (χ0v) is 13.9. The Hall–Kier alpha value is -0.950. The summed E-state index contributed by atoms with van der Waals surface area (Å²) in [5, 5.41) is 0. The summed E-state index contributed by atoms with van der Waals surface area (Å²) in [7, 11) is -3.52. The molecule has 1 aliphatic rings. The maximum Gasteiger partial charge on any atom is 0.243 e. The fourth-order valence-corrected chi connectivity index (χ4v) is 4.69. The molecule has 0 saturated carbocycles. The minimum atomic E-state index is -3.52. The van der Waals surface area contributed by atoms with Crippen LogP contribution in [0.15, 0.2) is 17.0 Å². The van der Waals surface area contributed by atoms with Crippen molar-refractivity contribution in [2.75, 3.05) is 13.1 Å². The van der Waals surface area contributed by atoms with E-state index in [4.69, 9.17) is 10.5 Å². The second-order valence-corrected chi connectivity index (χ2v) is 7.73. The molecule has 0 unspecified atom stereocenters. The first-order chi connectivity index (χ1) is 9.75. The number of sulfonamides is 1. The van der Waals surface area contributed by atoms with Crippen molar-refractivity contribution in [3.63, 3.8) is 0 Å². The molecule has 5 nitrogen and oxygen atoms in total. The molecule has 0 aromatic heterocycles. The molecule has 1 aliphatic heterocycles. The topological polar surface area (TPSA) is 72.6 Å². The van der Waals surface area contributed by atoms with Crippen molar-refractivity contribution in [1.82, 2.24) is 4.31 Å². The third-order valence-corrected chi connectivity index (χ3v) is 5.88. The summed E-state index contributed by atoms with van der Waals surface area (Å²) in [5.41, 5.74) is 8.25. The SMILES string of the molecule is Cc1cc(CN)cc(S(=O)(=O)N2C[C@@H](C)O[C@@H](C)C2)c1C. The maximum absolute atomic E-state index is 12.9. The van der Waals surface area contributed by atoms with Gasteiger partial charge in [-0.1, -0.05) is 6.07 Å². The maximum atomic E-state index is 12.9. The van der Waals surface area contributed by atoms with Gasteiger partial charge in [0.1, 0.15) is 0 Å². The van der Waals surface area contributed by atoms with Crippen LogP contribution in [0, 0.1) is 13.8 Å². The highest BCUT2D eigenvalue weighted by molar-refractivity contribution is 7.89. The van der Waals surface area contributed by atoms with Gasteiger partial charge in [0.25, 0.3) is 0 Å². The summed E-state index contributed by atoms with van der Waals surface area (Å²) >= 11 is 0. The van der Waals surface area contributed by atoms with Gasteiger partial charge in [-0.25, -0.2) is 8.42 Å². The lowest BCUT2D eigenvalue weighted by molar-refractivity contribution is -0.0440. The van der Waals surface area contributed by atoms with E-state index >= 15 is 0 Å². The second kappa shape index (κ2) is 6.04. The fraction of sp³-hybridized carbons (Fsp3) is 0.600. The van der Waals surface area contributed by atoms with Crippen LogP contribution >= 0.6 is 0 Å². The van der Waals surface area contributed by atoms with Gasteiger partial charge in [-0.3, -0.25) is 0 Å². The molecule has 2 rings (SSSR count). The Balaban J connectivity index is 2.46. The number of hydrogen-bond acceptors (Lipinski definition) is 4. The first-order valence-corrected chi connectivity index (χ1v) is 8.65. The normalized spacial score (nSPS) is 24.2. The molecule has 1 aromatic rings. The molecule has 1 aromatic carbocycles. The van der Waals surface area contributed by atoms with Crippen molar-refractivity contribution in [3.8, 4) is 0 Å². The molecule has 1 saturated heterocycles. The van der Waals surface area contributed by atoms with E-state index in [0.29, 0.717) is 24.5 Å². The average molecular weight is 312 g/mol. The van der Waals surface area contributed by atoms with Gasteiger partial charge in [-0.15, -0.1) is 0 Å². The summed E-state index contributed by atoms with van der Waals surface area (Å²) in [6.45, 7) is 8.66. The van der Waals surface area contributed by atoms with Crippen LogP contribution in [0.2, 0.25) is 0 Å². The smallest absolute Gasteiger partial charge is 0.243 e. The lowest BCUT2D eigenvalue weighted by atomic mass is 10.1. The Bertz CT molecular complexity index is 618. The highest BCUT2D eigenvalue weighted by atomic mass is 32.2. The molecule has 1 heterocycles. The largest absolute Gasteiger partial charge is 0.373 e. The van der Waals surface area contributed by atoms with Crippen molar-refractivity contribution in [1.29, 1.82) is 0 Å². The molecular formula is C15H24N2O3S. The zero-order valence-electron chi connectivity index (χ0n) is 13.1. The van der Waals surface area contributed by atoms with Gasteiger partial charge >= 0.3 is 0 Å². The van der Waals surface area contributed by atoms with E-state index in [0.717, 1.165) is 16.7 Å². The van der Waals surface area contributed by atoms with E-state index in [-0.39, 0.29) is 12.2 Å². The number of aryl methyl sites for hydroxylation is 1. The molecule has 0 aliphatic carbocycles. The molecule has 6 heteroatoms. The first kappa shape index (κ1) is 16.4. The van der Waals surface area contributed by atoms with E-state index in [1.807, 2.05) is 33.8 Å². The van der Waals surface area contributed by atoms with Gasteiger partial charge < -0.3 is 10.5 Å². The van der Waals surface area contributed by atoms with E-state index in [2.05, 4.69) is 0 Å². The summed E-state index contributed by atoms with van der Waals surface area (Å²) in [4.78, 5) is 0.365. The van der Waals surface area contributed by atoms with Crippen LogP contribution in [0.4, 0.5) is 0 Å². The Morgan fingerprint density at radius 2 is 1.81 bits per heavy atom. The zero-order chi connectivity index (χ0) is 15.8. The molecule has 2 atom stereocenters. The first-order valence-electron chi connectivity index (χ1n) is 7.21. The summed E-state index contributed by atoms with van der Waals surface area (Å²) in [6.07, 6.45) is -0.190. The van der Waals surface area contributed by atoms with Gasteiger partial charge in [0.15, 0.2) is 0 Å². The monoisotopic (exact) mass is 312 g/mol. The molecule has 1 fully saturated rings. The van der Waals surface area contributed by atoms with Crippen LogP contribution in [0.1, 0.15) is 30.5 Å². The van der Waals surface area contributed by atoms with Crippen LogP contribution in [0.5, 0.6) is 0 Å². The highest BCUT2D eigenvalue weighted by Gasteiger charge is 2.33. The fourth-order valence-electron chi connectivity index (χ4n) is 2.75. The van der Waals surface area contributed by atoms with Crippen molar-refractivity contribution in [2.24, 2.45) is 5.73 Å². The van der Waals surface area contributed by atoms with Crippen molar-refractivity contribution >= 4 is 10.0 Å². The lowest BCUT2D eigenvalue weighted by Crippen LogP contribution is -2.48. The number of hydrogen-bond donors (Lipinski definition) is 1. The number of benzene rings is 1. The second-order valence-electron chi connectivity index (χ2n) is 5.82. The highest BCUT2D eigenvalue weighted by Crippen LogP contribution is 2.26. The number of ether oxygens (including phenoxy) is 1. The van der Waals surface area contributed by atoms with Crippen molar-refractivity contribution in [3.05, 3.63) is 28.8 Å². The molecule has 0 bridgehead atoms. The summed E-state index contributed by atoms with van der Waals surface area (Å²) in [5.74, 6) is 0. The molecule has 118 valence electrons. The van der Waals surface area contributed by atoms with Crippen LogP contribution in [0.3, 0.4) is 0 Å². The predicted octanol–water partition coefficient (Wildman–Crippen LogP) is 1.56. The van der Waals surface area contributed by atoms with Gasteiger partial charge in [-0.05, 0) is 50.5 Å². The number of nitrogens with two attached hydrogens (primary N) is 1. The van der Waals surface area contributed by atoms with Gasteiger partial charge in [0, 0.05) is 19.6 Å². The molecule has 2 N–H and O–H groups in total. The predicted molar refractivity (Wildman–Crippen MR) is 82.6 cm³/mol. The standard InChI is InChI=1S/C15H24N2O3S/c1-10-5-14(7-16)6-15(13(10)4)21(18,19)17-8-11(2)20-12(3)9-17/h5-6,11-12H,7-9,16H2,1-4H3/t11-,12+. The van der Waals surface area contributed by atoms with Crippen molar-refractivity contribution in [2.45, 2.75) is 51.3 Å². The Morgan fingerprint density at radius 1 is 1.24 bits per heavy atom. The van der Waals surface area contributed by atoms with E-state index < -0.39 is 10.0 Å². The van der Waals surface area contributed by atoms with Crippen molar-refractivity contribution < 1.29 is 13.2 Å². The quantitative estimate of drug-likeness (QED) is 0.919. The Morgan fingerprint density at radius 3 is 2.33 bits per heavy atom. The molecule has 21 heavy (non-hydrogen) atoms. The van der Waals surface area contributed by atoms with Crippen LogP contribution in [0.25, 0.3) is 0 Å². The Labute approximate surface area is 127 Å². The lowest BCUT2D eigenvalue weighted by Gasteiger charge is -2.34. The van der Waals surface area contributed by atoms with Crippen LogP contribution < -0.4 is 5.73 Å². The van der Waals surface area contributed by atoms with Gasteiger partial charge in [0.05, 0.1) is 17.1 Å². The third-order valence-electron chi connectivity index (χ3n) is 3.92. The Kier molecular flexibility index (Phi) is 4.72. The van der Waals surface area contributed by atoms with Gasteiger partial charge in [-0.2, -0.15) is 4.31 Å². The minimum Gasteiger partial charge on any atom is -0.373 e. The number of nitrogens with zero attached hydrogens (tertiary/aromatic N) is 1. The molecule has 0 radical (unpaired) electrons. The summed E-state index contributed by atoms with van der Waals surface area (Å²) < 4.78 is 33.0. The average Bonchev–Trinajstić information content (AvgIpc) is 2.40. The number of rotatable bonds is 3. The van der Waals surface area contributed by atoms with E-state index in [1.165, 1.54) is 4.31 Å². The van der Waals surface area contributed by atoms with E-state index in [1.54, 1.807) is 6.07 Å². The third kappa shape index (κ3) is 3.29. The molecule has 0 spiro atoms. The molecular weight excluding hydrogens is 288 g/mol. The number of morpholine rings is 1. The van der Waals surface area contributed by atoms with Gasteiger partial charge in [0.2, 0.25) is 10.0 Å². The van der Waals surface area contributed by atoms with Crippen LogP contribution in [-0.2, 0) is 21.3 Å². The molecule has 0 amide bonds. The van der Waals surface area contributed by atoms with E-state index in [9.17, 15) is 8.42 Å². The summed E-state index contributed by atoms with van der Waals surface area (Å²) in [6, 6.07) is 3.64.